The van der Waals surface area contributed by atoms with Crippen LogP contribution >= 0.6 is 0 Å². The number of nitrogens with zero attached hydrogens (tertiary/aromatic N) is 1. The topological polar surface area (TPSA) is 43.7 Å². The van der Waals surface area contributed by atoms with Gasteiger partial charge in [0.05, 0.1) is 12.2 Å². The van der Waals surface area contributed by atoms with Gasteiger partial charge < -0.3 is 15.1 Å². The van der Waals surface area contributed by atoms with E-state index < -0.39 is 0 Å². The van der Waals surface area contributed by atoms with Crippen LogP contribution in [-0.2, 0) is 0 Å². The maximum atomic E-state index is 10.5. The van der Waals surface area contributed by atoms with E-state index in [0.717, 1.165) is 19.3 Å². The fraction of sp³-hybridized carbons (Fsp3) is 0.840. The summed E-state index contributed by atoms with van der Waals surface area (Å²) < 4.78 is 0. The average molecular weight is 392 g/mol. The molecule has 3 nitrogen and oxygen atoms in total. The van der Waals surface area contributed by atoms with E-state index in [1.54, 1.807) is 5.57 Å². The standard InChI is InChI=1S/C25H45NO2/c1-5-6-10-19(2)15-22(27)12-13-23-24-17-20(16-21(24)18-25(23)28)11-8-7-9-14-26(3)4/h12-13,16,19,21-25,27-28H,5-11,14-15,17-18H2,1-4H3/t19-,21-,22+,23+,24-,25+/m0/s1. The van der Waals surface area contributed by atoms with E-state index in [2.05, 4.69) is 45.0 Å². The van der Waals surface area contributed by atoms with Gasteiger partial charge in [-0.2, -0.15) is 0 Å². The molecule has 0 radical (unpaired) electrons. The summed E-state index contributed by atoms with van der Waals surface area (Å²) in [5.74, 6) is 1.87. The predicted molar refractivity (Wildman–Crippen MR) is 119 cm³/mol. The second kappa shape index (κ2) is 12.1. The van der Waals surface area contributed by atoms with Gasteiger partial charge in [-0.05, 0) is 76.9 Å². The third kappa shape index (κ3) is 7.65. The van der Waals surface area contributed by atoms with Crippen LogP contribution in [0.4, 0.5) is 0 Å². The molecule has 3 heteroatoms. The van der Waals surface area contributed by atoms with Gasteiger partial charge in [0.15, 0.2) is 0 Å². The molecular weight excluding hydrogens is 346 g/mol. The SMILES string of the molecule is CCCC[C@H](C)C[C@H](O)C=C[C@@H]1[C@H]2CC(CCCCCN(C)C)=C[C@H]2C[C@H]1O. The van der Waals surface area contributed by atoms with Crippen LogP contribution in [0, 0.1) is 23.7 Å². The van der Waals surface area contributed by atoms with Crippen LogP contribution in [-0.4, -0.2) is 48.0 Å². The van der Waals surface area contributed by atoms with Gasteiger partial charge in [0.2, 0.25) is 0 Å². The van der Waals surface area contributed by atoms with Gasteiger partial charge in [0, 0.05) is 5.92 Å². The van der Waals surface area contributed by atoms with E-state index in [1.807, 2.05) is 6.08 Å². The first kappa shape index (κ1) is 23.6. The molecule has 162 valence electrons. The first-order valence-corrected chi connectivity index (χ1v) is 11.8. The second-order valence-corrected chi connectivity index (χ2v) is 9.79. The zero-order valence-electron chi connectivity index (χ0n) is 18.8. The van der Waals surface area contributed by atoms with Gasteiger partial charge in [-0.3, -0.25) is 0 Å². The van der Waals surface area contributed by atoms with Gasteiger partial charge in [0.1, 0.15) is 0 Å². The molecule has 0 bridgehead atoms. The highest BCUT2D eigenvalue weighted by Crippen LogP contribution is 2.48. The van der Waals surface area contributed by atoms with Crippen molar-refractivity contribution in [1.29, 1.82) is 0 Å². The third-order valence-corrected chi connectivity index (χ3v) is 6.80. The Kier molecular flexibility index (Phi) is 10.3. The molecule has 0 aromatic carbocycles. The predicted octanol–water partition coefficient (Wildman–Crippen LogP) is 5.19. The number of unbranched alkanes of at least 4 members (excludes halogenated alkanes) is 3. The van der Waals surface area contributed by atoms with Crippen molar-refractivity contribution in [3.63, 3.8) is 0 Å². The van der Waals surface area contributed by atoms with Crippen molar-refractivity contribution < 1.29 is 10.2 Å². The van der Waals surface area contributed by atoms with Crippen molar-refractivity contribution in [2.24, 2.45) is 23.7 Å². The fourth-order valence-corrected chi connectivity index (χ4v) is 5.17. The van der Waals surface area contributed by atoms with Gasteiger partial charge in [-0.25, -0.2) is 0 Å². The number of hydrogen-bond acceptors (Lipinski definition) is 3. The minimum absolute atomic E-state index is 0.216. The first-order valence-electron chi connectivity index (χ1n) is 11.8. The molecule has 0 amide bonds. The maximum absolute atomic E-state index is 10.5. The van der Waals surface area contributed by atoms with Gasteiger partial charge >= 0.3 is 0 Å². The summed E-state index contributed by atoms with van der Waals surface area (Å²) in [6, 6.07) is 0. The van der Waals surface area contributed by atoms with Crippen molar-refractivity contribution in [2.45, 2.75) is 90.3 Å². The zero-order chi connectivity index (χ0) is 20.5. The number of allylic oxidation sites excluding steroid dienone is 2. The Morgan fingerprint density at radius 2 is 2.00 bits per heavy atom. The Bertz CT molecular complexity index is 499. The molecule has 0 aromatic heterocycles. The quantitative estimate of drug-likeness (QED) is 0.336. The largest absolute Gasteiger partial charge is 0.392 e. The van der Waals surface area contributed by atoms with E-state index in [1.165, 1.54) is 51.5 Å². The fourth-order valence-electron chi connectivity index (χ4n) is 5.17. The number of aliphatic hydroxyl groups excluding tert-OH is 2. The minimum atomic E-state index is -0.372. The molecule has 2 rings (SSSR count). The van der Waals surface area contributed by atoms with Crippen molar-refractivity contribution >= 4 is 0 Å². The highest BCUT2D eigenvalue weighted by Gasteiger charge is 2.43. The molecule has 6 atom stereocenters. The molecule has 2 N–H and O–H groups in total. The lowest BCUT2D eigenvalue weighted by Crippen LogP contribution is -2.18. The van der Waals surface area contributed by atoms with Crippen LogP contribution in [0.3, 0.4) is 0 Å². The minimum Gasteiger partial charge on any atom is -0.392 e. The lowest BCUT2D eigenvalue weighted by molar-refractivity contribution is 0.139. The average Bonchev–Trinajstić information content (AvgIpc) is 3.14. The van der Waals surface area contributed by atoms with Crippen LogP contribution in [0.2, 0.25) is 0 Å². The summed E-state index contributed by atoms with van der Waals surface area (Å²) >= 11 is 0. The van der Waals surface area contributed by atoms with E-state index in [9.17, 15) is 10.2 Å². The summed E-state index contributed by atoms with van der Waals surface area (Å²) in [6.07, 6.45) is 17.6. The van der Waals surface area contributed by atoms with Gasteiger partial charge in [-0.1, -0.05) is 63.3 Å². The Balaban J connectivity index is 1.75. The summed E-state index contributed by atoms with van der Waals surface area (Å²) in [6.45, 7) is 5.64. The lowest BCUT2D eigenvalue weighted by Gasteiger charge is -2.19. The smallest absolute Gasteiger partial charge is 0.0723 e. The molecule has 0 unspecified atom stereocenters. The lowest BCUT2D eigenvalue weighted by atomic mass is 9.88. The van der Waals surface area contributed by atoms with Crippen molar-refractivity contribution in [3.05, 3.63) is 23.8 Å². The van der Waals surface area contributed by atoms with Crippen LogP contribution in [0.25, 0.3) is 0 Å². The van der Waals surface area contributed by atoms with Crippen molar-refractivity contribution in [2.75, 3.05) is 20.6 Å². The van der Waals surface area contributed by atoms with E-state index in [0.29, 0.717) is 17.8 Å². The molecule has 2 aliphatic carbocycles. The maximum Gasteiger partial charge on any atom is 0.0723 e. The molecule has 0 saturated heterocycles. The summed E-state index contributed by atoms with van der Waals surface area (Å²) in [4.78, 5) is 2.26. The number of hydrogen-bond donors (Lipinski definition) is 2. The van der Waals surface area contributed by atoms with Crippen LogP contribution < -0.4 is 0 Å². The number of rotatable bonds is 13. The molecule has 0 aromatic rings. The normalized spacial score (nSPS) is 29.5. The molecule has 28 heavy (non-hydrogen) atoms. The van der Waals surface area contributed by atoms with Gasteiger partial charge in [-0.15, -0.1) is 0 Å². The molecule has 0 heterocycles. The summed E-state index contributed by atoms with van der Waals surface area (Å²) in [5, 5.41) is 20.9. The van der Waals surface area contributed by atoms with Crippen molar-refractivity contribution in [1.82, 2.24) is 4.90 Å². The van der Waals surface area contributed by atoms with Crippen LogP contribution in [0.5, 0.6) is 0 Å². The Hall–Kier alpha value is -0.640. The van der Waals surface area contributed by atoms with Crippen LogP contribution in [0.15, 0.2) is 23.8 Å². The highest BCUT2D eigenvalue weighted by molar-refractivity contribution is 5.21. The second-order valence-electron chi connectivity index (χ2n) is 9.79. The number of fused-ring (bicyclic) bond motifs is 1. The molecular formula is C25H45NO2. The molecule has 1 fully saturated rings. The molecule has 1 saturated carbocycles. The zero-order valence-corrected chi connectivity index (χ0v) is 18.8. The summed E-state index contributed by atoms with van der Waals surface area (Å²) in [7, 11) is 4.28. The van der Waals surface area contributed by atoms with Crippen LogP contribution in [0.1, 0.15) is 78.1 Å². The molecule has 0 aliphatic heterocycles. The Labute approximate surface area is 173 Å². The van der Waals surface area contributed by atoms with E-state index in [-0.39, 0.29) is 18.1 Å². The van der Waals surface area contributed by atoms with Gasteiger partial charge in [0.25, 0.3) is 0 Å². The monoisotopic (exact) mass is 391 g/mol. The Morgan fingerprint density at radius 3 is 2.71 bits per heavy atom. The molecule has 0 spiro atoms. The van der Waals surface area contributed by atoms with E-state index in [4.69, 9.17) is 0 Å². The number of aliphatic hydroxyl groups is 2. The first-order chi connectivity index (χ1) is 13.4. The summed E-state index contributed by atoms with van der Waals surface area (Å²) in [5.41, 5.74) is 1.61. The third-order valence-electron chi connectivity index (χ3n) is 6.80. The highest BCUT2D eigenvalue weighted by atomic mass is 16.3. The van der Waals surface area contributed by atoms with E-state index >= 15 is 0 Å². The van der Waals surface area contributed by atoms with Crippen molar-refractivity contribution in [3.8, 4) is 0 Å². The molecule has 2 aliphatic rings. The Morgan fingerprint density at radius 1 is 1.21 bits per heavy atom.